The van der Waals surface area contributed by atoms with E-state index in [1.54, 1.807) is 0 Å². The topological polar surface area (TPSA) is 68.5 Å². The van der Waals surface area contributed by atoms with Crippen molar-refractivity contribution in [2.24, 2.45) is 0 Å². The Hall–Kier alpha value is -2.80. The quantitative estimate of drug-likeness (QED) is 0.587. The second kappa shape index (κ2) is 8.06. The van der Waals surface area contributed by atoms with E-state index in [1.807, 2.05) is 54.3 Å². The highest BCUT2D eigenvalue weighted by molar-refractivity contribution is 7.99. The predicted molar refractivity (Wildman–Crippen MR) is 108 cm³/mol. The van der Waals surface area contributed by atoms with Gasteiger partial charge in [0.2, 0.25) is 5.91 Å². The van der Waals surface area contributed by atoms with Crippen molar-refractivity contribution >= 4 is 23.4 Å². The molecule has 7 heteroatoms. The lowest BCUT2D eigenvalue weighted by Gasteiger charge is -2.22. The highest BCUT2D eigenvalue weighted by Gasteiger charge is 2.30. The van der Waals surface area contributed by atoms with Crippen LogP contribution in [0.1, 0.15) is 23.9 Å². The lowest BCUT2D eigenvalue weighted by molar-refractivity contribution is -0.116. The van der Waals surface area contributed by atoms with E-state index < -0.39 is 0 Å². The van der Waals surface area contributed by atoms with Crippen molar-refractivity contribution in [1.29, 1.82) is 0 Å². The number of hydrogen-bond acceptors (Lipinski definition) is 6. The number of carbonyl (C=O) groups is 1. The first-order chi connectivity index (χ1) is 13.6. The van der Waals surface area contributed by atoms with Crippen LogP contribution in [0.15, 0.2) is 58.2 Å². The summed E-state index contributed by atoms with van der Waals surface area (Å²) in [6.07, 6.45) is 0.883. The van der Waals surface area contributed by atoms with E-state index in [0.717, 1.165) is 23.4 Å². The zero-order valence-electron chi connectivity index (χ0n) is 15.8. The summed E-state index contributed by atoms with van der Waals surface area (Å²) in [6.45, 7) is 4.27. The number of aryl methyl sites for hydroxylation is 1. The zero-order valence-corrected chi connectivity index (χ0v) is 16.6. The van der Waals surface area contributed by atoms with E-state index in [2.05, 4.69) is 23.2 Å². The molecule has 2 aromatic carbocycles. The maximum Gasteiger partial charge on any atom is 0.277 e. The van der Waals surface area contributed by atoms with Crippen LogP contribution >= 0.6 is 11.8 Å². The SMILES string of the molecule is Cc1cccc(OCc2nnc(SCC(=O)N3c4ccccc4CC3C)o2)c1. The monoisotopic (exact) mass is 395 g/mol. The van der Waals surface area contributed by atoms with Gasteiger partial charge in [0.1, 0.15) is 5.75 Å². The number of anilines is 1. The number of aromatic nitrogens is 2. The van der Waals surface area contributed by atoms with Crippen LogP contribution in [0.3, 0.4) is 0 Å². The number of para-hydroxylation sites is 1. The van der Waals surface area contributed by atoms with Gasteiger partial charge in [0.15, 0.2) is 6.61 Å². The van der Waals surface area contributed by atoms with Gasteiger partial charge in [0, 0.05) is 11.7 Å². The summed E-state index contributed by atoms with van der Waals surface area (Å²) in [6, 6.07) is 16.0. The molecule has 2 heterocycles. The molecule has 0 aliphatic carbocycles. The summed E-state index contributed by atoms with van der Waals surface area (Å²) in [5.41, 5.74) is 3.33. The minimum absolute atomic E-state index is 0.0400. The Balaban J connectivity index is 1.33. The van der Waals surface area contributed by atoms with Gasteiger partial charge >= 0.3 is 0 Å². The summed E-state index contributed by atoms with van der Waals surface area (Å²) in [7, 11) is 0. The molecule has 144 valence electrons. The van der Waals surface area contributed by atoms with Gasteiger partial charge in [-0.1, -0.05) is 42.1 Å². The fourth-order valence-electron chi connectivity index (χ4n) is 3.34. The van der Waals surface area contributed by atoms with Gasteiger partial charge in [0.25, 0.3) is 11.1 Å². The number of ether oxygens (including phenoxy) is 1. The maximum atomic E-state index is 12.7. The van der Waals surface area contributed by atoms with Crippen LogP contribution in [0.25, 0.3) is 0 Å². The largest absolute Gasteiger partial charge is 0.484 e. The third-order valence-electron chi connectivity index (χ3n) is 4.60. The molecule has 6 nitrogen and oxygen atoms in total. The summed E-state index contributed by atoms with van der Waals surface area (Å²) < 4.78 is 11.3. The van der Waals surface area contributed by atoms with Crippen LogP contribution < -0.4 is 9.64 Å². The first kappa shape index (κ1) is 18.6. The van der Waals surface area contributed by atoms with Crippen molar-refractivity contribution in [3.05, 3.63) is 65.5 Å². The average Bonchev–Trinajstić information content (AvgIpc) is 3.27. The molecular formula is C21H21N3O3S. The van der Waals surface area contributed by atoms with Crippen molar-refractivity contribution < 1.29 is 13.9 Å². The Labute approximate surface area is 167 Å². The molecule has 0 saturated carbocycles. The molecule has 1 unspecified atom stereocenters. The Bertz CT molecular complexity index is 988. The summed E-state index contributed by atoms with van der Waals surface area (Å²) in [5, 5.41) is 8.37. The summed E-state index contributed by atoms with van der Waals surface area (Å²) >= 11 is 1.25. The van der Waals surface area contributed by atoms with Crippen molar-refractivity contribution in [3.63, 3.8) is 0 Å². The number of fused-ring (bicyclic) bond motifs is 1. The molecule has 0 saturated heterocycles. The number of benzene rings is 2. The minimum Gasteiger partial charge on any atom is -0.484 e. The van der Waals surface area contributed by atoms with Crippen molar-refractivity contribution in [2.45, 2.75) is 38.1 Å². The molecule has 4 rings (SSSR count). The number of carbonyl (C=O) groups excluding carboxylic acids is 1. The summed E-state index contributed by atoms with van der Waals surface area (Å²) in [5.74, 6) is 1.43. The van der Waals surface area contributed by atoms with Gasteiger partial charge in [-0.2, -0.15) is 0 Å². The molecule has 28 heavy (non-hydrogen) atoms. The van der Waals surface area contributed by atoms with Crippen LogP contribution in [0.2, 0.25) is 0 Å². The molecular weight excluding hydrogens is 374 g/mol. The van der Waals surface area contributed by atoms with Gasteiger partial charge in [0.05, 0.1) is 5.75 Å². The van der Waals surface area contributed by atoms with E-state index in [0.29, 0.717) is 11.1 Å². The Morgan fingerprint density at radius 1 is 1.25 bits per heavy atom. The Morgan fingerprint density at radius 3 is 2.96 bits per heavy atom. The van der Waals surface area contributed by atoms with Crippen LogP contribution in [0.4, 0.5) is 5.69 Å². The lowest BCUT2D eigenvalue weighted by Crippen LogP contribution is -2.36. The molecule has 3 aromatic rings. The van der Waals surface area contributed by atoms with E-state index in [1.165, 1.54) is 17.3 Å². The van der Waals surface area contributed by atoms with Crippen molar-refractivity contribution in [3.8, 4) is 5.75 Å². The van der Waals surface area contributed by atoms with Crippen molar-refractivity contribution in [2.75, 3.05) is 10.7 Å². The zero-order chi connectivity index (χ0) is 19.5. The number of rotatable bonds is 6. The van der Waals surface area contributed by atoms with Crippen LogP contribution in [-0.2, 0) is 17.8 Å². The third kappa shape index (κ3) is 4.04. The minimum atomic E-state index is 0.0400. The Morgan fingerprint density at radius 2 is 2.11 bits per heavy atom. The smallest absolute Gasteiger partial charge is 0.277 e. The fourth-order valence-corrected chi connectivity index (χ4v) is 3.98. The molecule has 0 radical (unpaired) electrons. The molecule has 0 fully saturated rings. The first-order valence-corrected chi connectivity index (χ1v) is 10.1. The van der Waals surface area contributed by atoms with Gasteiger partial charge in [-0.05, 0) is 49.6 Å². The molecule has 1 aromatic heterocycles. The highest BCUT2D eigenvalue weighted by atomic mass is 32.2. The van der Waals surface area contributed by atoms with Gasteiger partial charge < -0.3 is 14.1 Å². The number of hydrogen-bond donors (Lipinski definition) is 0. The molecule has 1 aliphatic rings. The van der Waals surface area contributed by atoms with E-state index >= 15 is 0 Å². The number of thioether (sulfide) groups is 1. The normalized spacial score (nSPS) is 15.5. The van der Waals surface area contributed by atoms with Gasteiger partial charge in [-0.15, -0.1) is 10.2 Å². The van der Waals surface area contributed by atoms with E-state index in [-0.39, 0.29) is 24.3 Å². The number of amides is 1. The van der Waals surface area contributed by atoms with Gasteiger partial charge in [-0.3, -0.25) is 4.79 Å². The highest BCUT2D eigenvalue weighted by Crippen LogP contribution is 2.32. The van der Waals surface area contributed by atoms with Crippen LogP contribution in [0, 0.1) is 6.92 Å². The predicted octanol–water partition coefficient (Wildman–Crippen LogP) is 4.03. The van der Waals surface area contributed by atoms with Crippen molar-refractivity contribution in [1.82, 2.24) is 10.2 Å². The molecule has 1 atom stereocenters. The third-order valence-corrected chi connectivity index (χ3v) is 5.40. The Kier molecular flexibility index (Phi) is 5.34. The number of nitrogens with zero attached hydrogens (tertiary/aromatic N) is 3. The molecule has 1 aliphatic heterocycles. The average molecular weight is 395 g/mol. The maximum absolute atomic E-state index is 12.7. The second-order valence-corrected chi connectivity index (χ2v) is 7.73. The standard InChI is InChI=1S/C21H21N3O3S/c1-14-6-5-8-17(10-14)26-12-19-22-23-21(27-19)28-13-20(25)24-15(2)11-16-7-3-4-9-18(16)24/h3-10,15H,11-13H2,1-2H3. The van der Waals surface area contributed by atoms with Crippen LogP contribution in [0.5, 0.6) is 5.75 Å². The molecule has 0 spiro atoms. The fraction of sp³-hybridized carbons (Fsp3) is 0.286. The molecule has 0 bridgehead atoms. The molecule has 0 N–H and O–H groups in total. The second-order valence-electron chi connectivity index (χ2n) is 6.80. The first-order valence-electron chi connectivity index (χ1n) is 9.15. The summed E-state index contributed by atoms with van der Waals surface area (Å²) in [4.78, 5) is 14.6. The lowest BCUT2D eigenvalue weighted by atomic mass is 10.1. The van der Waals surface area contributed by atoms with E-state index in [9.17, 15) is 4.79 Å². The van der Waals surface area contributed by atoms with Crippen LogP contribution in [-0.4, -0.2) is 27.9 Å². The van der Waals surface area contributed by atoms with Gasteiger partial charge in [-0.25, -0.2) is 0 Å². The molecule has 1 amide bonds. The van der Waals surface area contributed by atoms with E-state index in [4.69, 9.17) is 9.15 Å².